The predicted octanol–water partition coefficient (Wildman–Crippen LogP) is 3.05. The molecule has 0 amide bonds. The van der Waals surface area contributed by atoms with Crippen molar-refractivity contribution in [2.24, 2.45) is 0 Å². The first-order valence-electron chi connectivity index (χ1n) is 7.31. The Morgan fingerprint density at radius 1 is 1.13 bits per heavy atom. The quantitative estimate of drug-likeness (QED) is 0.790. The molecule has 0 atom stereocenters. The van der Waals surface area contributed by atoms with Crippen LogP contribution in [-0.4, -0.2) is 22.1 Å². The highest BCUT2D eigenvalue weighted by Crippen LogP contribution is 2.21. The second kappa shape index (κ2) is 7.57. The van der Waals surface area contributed by atoms with E-state index in [9.17, 15) is 12.8 Å². The van der Waals surface area contributed by atoms with E-state index in [1.165, 1.54) is 18.2 Å². The van der Waals surface area contributed by atoms with Gasteiger partial charge >= 0.3 is 0 Å². The van der Waals surface area contributed by atoms with Crippen molar-refractivity contribution in [1.82, 2.24) is 4.72 Å². The molecule has 4 nitrogen and oxygen atoms in total. The van der Waals surface area contributed by atoms with Crippen molar-refractivity contribution < 1.29 is 17.5 Å². The fourth-order valence-electron chi connectivity index (χ4n) is 2.25. The minimum absolute atomic E-state index is 0.220. The largest absolute Gasteiger partial charge is 0.496 e. The fraction of sp³-hybridized carbons (Fsp3) is 0.294. The number of methoxy groups -OCH3 is 1. The van der Waals surface area contributed by atoms with Crippen molar-refractivity contribution in [3.05, 3.63) is 59.4 Å². The molecule has 6 heteroatoms. The van der Waals surface area contributed by atoms with E-state index in [-0.39, 0.29) is 10.7 Å². The van der Waals surface area contributed by atoms with Gasteiger partial charge in [-0.3, -0.25) is 0 Å². The van der Waals surface area contributed by atoms with E-state index in [1.54, 1.807) is 38.3 Å². The van der Waals surface area contributed by atoms with Crippen LogP contribution < -0.4 is 9.46 Å². The molecule has 0 aliphatic rings. The van der Waals surface area contributed by atoms with Crippen molar-refractivity contribution in [3.8, 4) is 5.75 Å². The Morgan fingerprint density at radius 2 is 1.83 bits per heavy atom. The molecule has 0 radical (unpaired) electrons. The SMILES string of the molecule is COc1ccc(S(=O)(=O)NCCCc2ccc(F)cc2)cc1C. The Kier molecular flexibility index (Phi) is 5.74. The predicted molar refractivity (Wildman–Crippen MR) is 87.6 cm³/mol. The van der Waals surface area contributed by atoms with Crippen molar-refractivity contribution in [3.63, 3.8) is 0 Å². The molecule has 124 valence electrons. The molecule has 1 N–H and O–H groups in total. The third-order valence-corrected chi connectivity index (χ3v) is 4.98. The smallest absolute Gasteiger partial charge is 0.240 e. The lowest BCUT2D eigenvalue weighted by molar-refractivity contribution is 0.411. The summed E-state index contributed by atoms with van der Waals surface area (Å²) in [6, 6.07) is 11.0. The Balaban J connectivity index is 1.91. The molecule has 0 unspecified atom stereocenters. The molecule has 0 spiro atoms. The van der Waals surface area contributed by atoms with Gasteiger partial charge in [0.1, 0.15) is 11.6 Å². The van der Waals surface area contributed by atoms with Gasteiger partial charge in [0.25, 0.3) is 0 Å². The summed E-state index contributed by atoms with van der Waals surface area (Å²) in [6.07, 6.45) is 1.32. The van der Waals surface area contributed by atoms with Gasteiger partial charge in [0.2, 0.25) is 10.0 Å². The van der Waals surface area contributed by atoms with Crippen LogP contribution in [0.4, 0.5) is 4.39 Å². The first kappa shape index (κ1) is 17.4. The van der Waals surface area contributed by atoms with E-state index in [0.717, 1.165) is 11.1 Å². The first-order valence-corrected chi connectivity index (χ1v) is 8.79. The summed E-state index contributed by atoms with van der Waals surface area (Å²) in [7, 11) is -1.99. The number of benzene rings is 2. The molecule has 0 bridgehead atoms. The summed E-state index contributed by atoms with van der Waals surface area (Å²) in [5.74, 6) is 0.379. The number of aryl methyl sites for hydroxylation is 2. The topological polar surface area (TPSA) is 55.4 Å². The van der Waals surface area contributed by atoms with Crippen LogP contribution >= 0.6 is 0 Å². The van der Waals surface area contributed by atoms with Crippen molar-refractivity contribution in [2.75, 3.05) is 13.7 Å². The van der Waals surface area contributed by atoms with E-state index in [4.69, 9.17) is 4.74 Å². The van der Waals surface area contributed by atoms with E-state index in [2.05, 4.69) is 4.72 Å². The molecule has 2 rings (SSSR count). The average Bonchev–Trinajstić information content (AvgIpc) is 2.53. The zero-order valence-electron chi connectivity index (χ0n) is 13.2. The maximum absolute atomic E-state index is 12.8. The Labute approximate surface area is 136 Å². The number of hydrogen-bond donors (Lipinski definition) is 1. The summed E-state index contributed by atoms with van der Waals surface area (Å²) in [6.45, 7) is 2.12. The number of rotatable bonds is 7. The van der Waals surface area contributed by atoms with Crippen LogP contribution in [-0.2, 0) is 16.4 Å². The minimum Gasteiger partial charge on any atom is -0.496 e. The zero-order valence-corrected chi connectivity index (χ0v) is 14.0. The van der Waals surface area contributed by atoms with Gasteiger partial charge in [0.15, 0.2) is 0 Å². The molecule has 23 heavy (non-hydrogen) atoms. The number of nitrogens with one attached hydrogen (secondary N) is 1. The third-order valence-electron chi connectivity index (χ3n) is 3.52. The van der Waals surface area contributed by atoms with Crippen LogP contribution in [0.5, 0.6) is 5.75 Å². The Morgan fingerprint density at radius 3 is 2.43 bits per heavy atom. The minimum atomic E-state index is -3.53. The second-order valence-electron chi connectivity index (χ2n) is 5.26. The van der Waals surface area contributed by atoms with E-state index >= 15 is 0 Å². The summed E-state index contributed by atoms with van der Waals surface area (Å²) >= 11 is 0. The molecule has 0 aromatic heterocycles. The summed E-state index contributed by atoms with van der Waals surface area (Å²) < 4.78 is 45.0. The van der Waals surface area contributed by atoms with Gasteiger partial charge in [-0.25, -0.2) is 17.5 Å². The van der Waals surface area contributed by atoms with Crippen LogP contribution in [0.15, 0.2) is 47.4 Å². The van der Waals surface area contributed by atoms with Gasteiger partial charge in [0.05, 0.1) is 12.0 Å². The van der Waals surface area contributed by atoms with E-state index in [0.29, 0.717) is 25.1 Å². The number of sulfonamides is 1. The van der Waals surface area contributed by atoms with E-state index < -0.39 is 10.0 Å². The molecule has 0 saturated heterocycles. The first-order chi connectivity index (χ1) is 10.9. The molecule has 2 aromatic rings. The van der Waals surface area contributed by atoms with Gasteiger partial charge in [-0.2, -0.15) is 0 Å². The van der Waals surface area contributed by atoms with Crippen molar-refractivity contribution in [2.45, 2.75) is 24.7 Å². The highest BCUT2D eigenvalue weighted by atomic mass is 32.2. The summed E-state index contributed by atoms with van der Waals surface area (Å²) in [5.41, 5.74) is 1.74. The number of ether oxygens (including phenoxy) is 1. The molecule has 0 fully saturated rings. The molecule has 0 saturated carbocycles. The Bertz CT molecular complexity index is 758. The molecular formula is C17H20FNO3S. The van der Waals surface area contributed by atoms with Crippen molar-refractivity contribution in [1.29, 1.82) is 0 Å². The number of hydrogen-bond acceptors (Lipinski definition) is 3. The van der Waals surface area contributed by atoms with Crippen LogP contribution in [0.1, 0.15) is 17.5 Å². The lowest BCUT2D eigenvalue weighted by Gasteiger charge is -2.09. The maximum Gasteiger partial charge on any atom is 0.240 e. The molecular weight excluding hydrogens is 317 g/mol. The van der Waals surface area contributed by atoms with Gasteiger partial charge in [-0.15, -0.1) is 0 Å². The normalized spacial score (nSPS) is 11.4. The Hall–Kier alpha value is -1.92. The lowest BCUT2D eigenvalue weighted by Crippen LogP contribution is -2.25. The summed E-state index contributed by atoms with van der Waals surface area (Å²) in [4.78, 5) is 0.220. The fourth-order valence-corrected chi connectivity index (χ4v) is 3.41. The lowest BCUT2D eigenvalue weighted by atomic mass is 10.1. The second-order valence-corrected chi connectivity index (χ2v) is 7.03. The third kappa shape index (κ3) is 4.77. The van der Waals surface area contributed by atoms with E-state index in [1.807, 2.05) is 0 Å². The van der Waals surface area contributed by atoms with Crippen molar-refractivity contribution >= 4 is 10.0 Å². The monoisotopic (exact) mass is 337 g/mol. The molecule has 2 aromatic carbocycles. The summed E-state index contributed by atoms with van der Waals surface area (Å²) in [5, 5.41) is 0. The van der Waals surface area contributed by atoms with Gasteiger partial charge in [-0.1, -0.05) is 12.1 Å². The zero-order chi connectivity index (χ0) is 16.9. The van der Waals surface area contributed by atoms with Gasteiger partial charge in [-0.05, 0) is 61.2 Å². The van der Waals surface area contributed by atoms with Gasteiger partial charge < -0.3 is 4.74 Å². The molecule has 0 aliphatic heterocycles. The maximum atomic E-state index is 12.8. The van der Waals surface area contributed by atoms with Crippen LogP contribution in [0.3, 0.4) is 0 Å². The molecule has 0 heterocycles. The van der Waals surface area contributed by atoms with Crippen LogP contribution in [0, 0.1) is 12.7 Å². The highest BCUT2D eigenvalue weighted by molar-refractivity contribution is 7.89. The van der Waals surface area contributed by atoms with Gasteiger partial charge in [0, 0.05) is 6.54 Å². The average molecular weight is 337 g/mol. The molecule has 0 aliphatic carbocycles. The highest BCUT2D eigenvalue weighted by Gasteiger charge is 2.14. The van der Waals surface area contributed by atoms with Crippen LogP contribution in [0.2, 0.25) is 0 Å². The standard InChI is InChI=1S/C17H20FNO3S/c1-13-12-16(9-10-17(13)22-2)23(20,21)19-11-3-4-14-5-7-15(18)8-6-14/h5-10,12,19H,3-4,11H2,1-2H3. The number of halogens is 1. The van der Waals surface area contributed by atoms with Crippen LogP contribution in [0.25, 0.3) is 0 Å².